The van der Waals surface area contributed by atoms with Crippen molar-refractivity contribution in [3.8, 4) is 0 Å². The maximum atomic E-state index is 5.74. The molecule has 0 aliphatic heterocycles. The van der Waals surface area contributed by atoms with Gasteiger partial charge in [0.15, 0.2) is 0 Å². The third-order valence-corrected chi connectivity index (χ3v) is 3.99. The van der Waals surface area contributed by atoms with E-state index < -0.39 is 0 Å². The van der Waals surface area contributed by atoms with Crippen LogP contribution in [0.5, 0.6) is 0 Å². The second-order valence-electron chi connectivity index (χ2n) is 5.23. The molecule has 0 bridgehead atoms. The van der Waals surface area contributed by atoms with Crippen LogP contribution in [0, 0.1) is 13.8 Å². The Morgan fingerprint density at radius 1 is 0.875 bits per heavy atom. The molecular weight excluding hydrogens is 320 g/mol. The number of nitrogens with two attached hydrogens (primary N) is 1. The summed E-state index contributed by atoms with van der Waals surface area (Å²) in [6.07, 6.45) is 1.70. The zero-order chi connectivity index (χ0) is 16.9. The summed E-state index contributed by atoms with van der Waals surface area (Å²) in [5, 5.41) is 19.4. The lowest BCUT2D eigenvalue weighted by Gasteiger charge is -2.01. The fraction of sp³-hybridized carbons (Fsp3) is 0.118. The Kier molecular flexibility index (Phi) is 4.72. The molecule has 0 atom stereocenters. The topological polar surface area (TPSA) is 88.3 Å². The molecule has 24 heavy (non-hydrogen) atoms. The van der Waals surface area contributed by atoms with Crippen LogP contribution in [0.25, 0.3) is 0 Å². The fourth-order valence-corrected chi connectivity index (χ4v) is 2.53. The summed E-state index contributed by atoms with van der Waals surface area (Å²) in [6, 6.07) is 11.2. The van der Waals surface area contributed by atoms with Crippen LogP contribution in [0.1, 0.15) is 11.1 Å². The van der Waals surface area contributed by atoms with E-state index in [0.717, 1.165) is 33.9 Å². The van der Waals surface area contributed by atoms with Crippen LogP contribution >= 0.6 is 11.3 Å². The van der Waals surface area contributed by atoms with Gasteiger partial charge < -0.3 is 5.73 Å². The van der Waals surface area contributed by atoms with Crippen molar-refractivity contribution in [3.05, 3.63) is 59.1 Å². The number of aryl methyl sites for hydroxylation is 2. The summed E-state index contributed by atoms with van der Waals surface area (Å²) in [6.45, 7) is 3.92. The number of anilines is 1. The molecule has 120 valence electrons. The molecule has 0 fully saturated rings. The Bertz CT molecular complexity index is 899. The molecule has 7 heteroatoms. The van der Waals surface area contributed by atoms with Gasteiger partial charge in [-0.25, -0.2) is 4.98 Å². The molecule has 0 spiro atoms. The van der Waals surface area contributed by atoms with E-state index in [1.807, 2.05) is 55.6 Å². The highest BCUT2D eigenvalue weighted by Crippen LogP contribution is 2.28. The standard InChI is InChI=1S/C17H16N6S/c1-11-9-13(18)3-5-15(11)21-20-14-4-6-16(12(2)10-14)22-23-17-19-7-8-24-17/h3-10H,18H2,1-2H3. The minimum atomic E-state index is 0.636. The first-order valence-corrected chi connectivity index (χ1v) is 8.19. The third-order valence-electron chi connectivity index (χ3n) is 3.34. The Morgan fingerprint density at radius 2 is 1.58 bits per heavy atom. The van der Waals surface area contributed by atoms with Crippen molar-refractivity contribution in [1.82, 2.24) is 4.98 Å². The number of benzene rings is 2. The maximum absolute atomic E-state index is 5.74. The quantitative estimate of drug-likeness (QED) is 0.456. The molecule has 6 nitrogen and oxygen atoms in total. The van der Waals surface area contributed by atoms with Gasteiger partial charge in [0.05, 0.1) is 17.1 Å². The highest BCUT2D eigenvalue weighted by Gasteiger charge is 2.01. The smallest absolute Gasteiger partial charge is 0.229 e. The number of aromatic nitrogens is 1. The van der Waals surface area contributed by atoms with Gasteiger partial charge in [-0.15, -0.1) is 21.6 Å². The average molecular weight is 336 g/mol. The highest BCUT2D eigenvalue weighted by molar-refractivity contribution is 7.13. The minimum Gasteiger partial charge on any atom is -0.399 e. The molecule has 3 rings (SSSR count). The van der Waals surface area contributed by atoms with Crippen LogP contribution in [0.2, 0.25) is 0 Å². The number of hydrogen-bond acceptors (Lipinski definition) is 7. The number of nitrogen functional groups attached to an aromatic ring is 1. The Hall–Kier alpha value is -2.93. The first kappa shape index (κ1) is 15.9. The van der Waals surface area contributed by atoms with Gasteiger partial charge in [-0.05, 0) is 61.4 Å². The highest BCUT2D eigenvalue weighted by atomic mass is 32.1. The van der Waals surface area contributed by atoms with E-state index in [2.05, 4.69) is 25.4 Å². The normalized spacial score (nSPS) is 11.6. The van der Waals surface area contributed by atoms with Crippen LogP contribution in [0.3, 0.4) is 0 Å². The lowest BCUT2D eigenvalue weighted by atomic mass is 10.2. The summed E-state index contributed by atoms with van der Waals surface area (Å²) < 4.78 is 0. The largest absolute Gasteiger partial charge is 0.399 e. The SMILES string of the molecule is Cc1cc(N)ccc1N=Nc1ccc(N=Nc2nccs2)c(C)c1. The Balaban J connectivity index is 1.78. The minimum absolute atomic E-state index is 0.636. The van der Waals surface area contributed by atoms with Crippen LogP contribution in [0.15, 0.2) is 68.4 Å². The predicted octanol–water partition coefficient (Wildman–Crippen LogP) is 6.17. The average Bonchev–Trinajstić information content (AvgIpc) is 3.06. The summed E-state index contributed by atoms with van der Waals surface area (Å²) in [7, 11) is 0. The number of rotatable bonds is 4. The molecule has 0 radical (unpaired) electrons. The first-order valence-electron chi connectivity index (χ1n) is 7.31. The van der Waals surface area contributed by atoms with Gasteiger partial charge in [0.25, 0.3) is 0 Å². The lowest BCUT2D eigenvalue weighted by molar-refractivity contribution is 1.17. The third kappa shape index (κ3) is 3.88. The van der Waals surface area contributed by atoms with Crippen LogP contribution < -0.4 is 5.73 Å². The van der Waals surface area contributed by atoms with Gasteiger partial charge in [-0.1, -0.05) is 0 Å². The summed E-state index contributed by atoms with van der Waals surface area (Å²) in [5.41, 5.74) is 10.8. The van der Waals surface area contributed by atoms with Gasteiger partial charge in [-0.3, -0.25) is 0 Å². The number of azo groups is 2. The summed E-state index contributed by atoms with van der Waals surface area (Å²) in [5.74, 6) is 0. The number of hydrogen-bond donors (Lipinski definition) is 1. The molecule has 3 aromatic rings. The molecule has 0 amide bonds. The van der Waals surface area contributed by atoms with Crippen molar-refractivity contribution in [1.29, 1.82) is 0 Å². The van der Waals surface area contributed by atoms with Crippen molar-refractivity contribution >= 4 is 39.2 Å². The number of nitrogens with zero attached hydrogens (tertiary/aromatic N) is 5. The van der Waals surface area contributed by atoms with Gasteiger partial charge in [0, 0.05) is 17.3 Å². The zero-order valence-corrected chi connectivity index (χ0v) is 14.2. The molecule has 0 saturated carbocycles. The van der Waals surface area contributed by atoms with Crippen molar-refractivity contribution in [2.75, 3.05) is 5.73 Å². The molecule has 0 saturated heterocycles. The molecule has 0 aliphatic rings. The fourth-order valence-electron chi connectivity index (χ4n) is 2.08. The van der Waals surface area contributed by atoms with E-state index >= 15 is 0 Å². The second-order valence-corrected chi connectivity index (χ2v) is 6.10. The lowest BCUT2D eigenvalue weighted by Crippen LogP contribution is -1.84. The summed E-state index contributed by atoms with van der Waals surface area (Å²) in [4.78, 5) is 4.07. The zero-order valence-electron chi connectivity index (χ0n) is 13.3. The van der Waals surface area contributed by atoms with Crippen LogP contribution in [-0.2, 0) is 0 Å². The van der Waals surface area contributed by atoms with Gasteiger partial charge in [-0.2, -0.15) is 10.2 Å². The van der Waals surface area contributed by atoms with Crippen molar-refractivity contribution in [2.45, 2.75) is 13.8 Å². The maximum Gasteiger partial charge on any atom is 0.229 e. The van der Waals surface area contributed by atoms with E-state index in [4.69, 9.17) is 5.73 Å². The van der Waals surface area contributed by atoms with Gasteiger partial charge >= 0.3 is 0 Å². The number of thiazole rings is 1. The van der Waals surface area contributed by atoms with Crippen molar-refractivity contribution in [2.24, 2.45) is 20.5 Å². The van der Waals surface area contributed by atoms with E-state index in [0.29, 0.717) is 5.13 Å². The van der Waals surface area contributed by atoms with Crippen LogP contribution in [0.4, 0.5) is 27.9 Å². The molecule has 2 N–H and O–H groups in total. The molecule has 2 aromatic carbocycles. The van der Waals surface area contributed by atoms with E-state index in [1.54, 1.807) is 6.20 Å². The predicted molar refractivity (Wildman–Crippen MR) is 97.2 cm³/mol. The van der Waals surface area contributed by atoms with Gasteiger partial charge in [0.2, 0.25) is 5.13 Å². The van der Waals surface area contributed by atoms with E-state index in [9.17, 15) is 0 Å². The monoisotopic (exact) mass is 336 g/mol. The molecule has 0 aliphatic carbocycles. The molecular formula is C17H16N6S. The van der Waals surface area contributed by atoms with E-state index in [1.165, 1.54) is 11.3 Å². The Morgan fingerprint density at radius 3 is 2.25 bits per heavy atom. The molecule has 1 aromatic heterocycles. The van der Waals surface area contributed by atoms with E-state index in [-0.39, 0.29) is 0 Å². The van der Waals surface area contributed by atoms with Gasteiger partial charge in [0.1, 0.15) is 0 Å². The first-order chi connectivity index (χ1) is 11.6. The molecule has 1 heterocycles. The van der Waals surface area contributed by atoms with Crippen molar-refractivity contribution < 1.29 is 0 Å². The summed E-state index contributed by atoms with van der Waals surface area (Å²) >= 11 is 1.45. The molecule has 0 unspecified atom stereocenters. The van der Waals surface area contributed by atoms with Crippen molar-refractivity contribution in [3.63, 3.8) is 0 Å². The second kappa shape index (κ2) is 7.10. The van der Waals surface area contributed by atoms with Crippen LogP contribution in [-0.4, -0.2) is 4.98 Å². The Labute approximate surface area is 143 Å².